The number of pyridine rings is 2. The molecule has 6 rings (SSSR count). The molecule has 0 saturated carbocycles. The third-order valence-electron chi connectivity index (χ3n) is 7.52. The molecule has 0 spiro atoms. The maximum absolute atomic E-state index is 6.95. The predicted octanol–water partition coefficient (Wildman–Crippen LogP) is 8.62. The average molecular weight is 490 g/mol. The van der Waals surface area contributed by atoms with Gasteiger partial charge in [0.05, 0.1) is 16.5 Å². The highest BCUT2D eigenvalue weighted by molar-refractivity contribution is 6.16. The summed E-state index contributed by atoms with van der Waals surface area (Å²) in [5.41, 5.74) is 7.62. The molecule has 0 saturated heterocycles. The van der Waals surface area contributed by atoms with E-state index in [-0.39, 0.29) is 10.8 Å². The van der Waals surface area contributed by atoms with Crippen LogP contribution in [0.1, 0.15) is 58.2 Å². The Morgan fingerprint density at radius 3 is 2.35 bits per heavy atom. The Bertz CT molecular complexity index is 1730. The summed E-state index contributed by atoms with van der Waals surface area (Å²) in [7, 11) is 2.15. The van der Waals surface area contributed by atoms with Crippen molar-refractivity contribution in [1.29, 1.82) is 0 Å². The van der Waals surface area contributed by atoms with Crippen LogP contribution in [0.4, 0.5) is 0 Å². The van der Waals surface area contributed by atoms with E-state index >= 15 is 0 Å². The smallest absolute Gasteiger partial charge is 0.228 e. The molecule has 37 heavy (non-hydrogen) atoms. The Hall–Kier alpha value is -3.46. The summed E-state index contributed by atoms with van der Waals surface area (Å²) in [6.45, 7) is 16.0. The molecule has 0 unspecified atom stereocenters. The van der Waals surface area contributed by atoms with Gasteiger partial charge in [0.2, 0.25) is 5.69 Å². The Morgan fingerprint density at radius 2 is 1.62 bits per heavy atom. The van der Waals surface area contributed by atoms with Crippen molar-refractivity contribution in [1.82, 2.24) is 4.98 Å². The lowest BCUT2D eigenvalue weighted by molar-refractivity contribution is -0.659. The van der Waals surface area contributed by atoms with Crippen molar-refractivity contribution in [3.05, 3.63) is 71.5 Å². The molecular formula is C34H37N2O+. The van der Waals surface area contributed by atoms with Crippen LogP contribution in [0.3, 0.4) is 0 Å². The highest BCUT2D eigenvalue weighted by Crippen LogP contribution is 2.52. The van der Waals surface area contributed by atoms with E-state index in [4.69, 9.17) is 9.72 Å². The lowest BCUT2D eigenvalue weighted by Gasteiger charge is -2.28. The van der Waals surface area contributed by atoms with Gasteiger partial charge >= 0.3 is 0 Å². The van der Waals surface area contributed by atoms with E-state index in [0.29, 0.717) is 0 Å². The molecule has 1 aliphatic rings. The maximum Gasteiger partial charge on any atom is 0.228 e. The molecule has 3 heterocycles. The molecule has 0 aliphatic carbocycles. The van der Waals surface area contributed by atoms with Gasteiger partial charge in [0.1, 0.15) is 18.5 Å². The Kier molecular flexibility index (Phi) is 5.18. The van der Waals surface area contributed by atoms with Crippen molar-refractivity contribution >= 4 is 32.4 Å². The molecule has 5 aromatic rings. The summed E-state index contributed by atoms with van der Waals surface area (Å²) < 4.78 is 9.21. The van der Waals surface area contributed by atoms with Gasteiger partial charge in [0.25, 0.3) is 0 Å². The SMILES string of the molecule is Cc1c2c(c(CC(C)(C)C)c3cccnc13)Oc1cc3ccc(CC(C)(C)C)cc3c3cc[n+](C)c-2c13. The molecule has 0 fully saturated rings. The molecule has 0 N–H and O–H groups in total. The lowest BCUT2D eigenvalue weighted by Crippen LogP contribution is -2.32. The first-order chi connectivity index (χ1) is 17.4. The Morgan fingerprint density at radius 1 is 0.865 bits per heavy atom. The minimum Gasteiger partial charge on any atom is -0.455 e. The summed E-state index contributed by atoms with van der Waals surface area (Å²) >= 11 is 0. The van der Waals surface area contributed by atoms with Gasteiger partial charge < -0.3 is 4.74 Å². The van der Waals surface area contributed by atoms with Crippen LogP contribution in [0.25, 0.3) is 43.7 Å². The van der Waals surface area contributed by atoms with Crippen LogP contribution in [0, 0.1) is 17.8 Å². The van der Waals surface area contributed by atoms with Crippen LogP contribution < -0.4 is 9.30 Å². The third-order valence-corrected chi connectivity index (χ3v) is 7.52. The lowest BCUT2D eigenvalue weighted by atomic mass is 9.82. The summed E-state index contributed by atoms with van der Waals surface area (Å²) in [6, 6.07) is 15.7. The zero-order valence-corrected chi connectivity index (χ0v) is 23.4. The number of fused-ring (bicyclic) bond motifs is 5. The first-order valence-electron chi connectivity index (χ1n) is 13.4. The third kappa shape index (κ3) is 3.96. The van der Waals surface area contributed by atoms with Crippen molar-refractivity contribution in [3.8, 4) is 22.8 Å². The highest BCUT2D eigenvalue weighted by Gasteiger charge is 2.34. The van der Waals surface area contributed by atoms with E-state index in [1.165, 1.54) is 54.9 Å². The van der Waals surface area contributed by atoms with Gasteiger partial charge in [0, 0.05) is 28.6 Å². The normalized spacial score (nSPS) is 13.3. The molecule has 1 aliphatic heterocycles. The Balaban J connectivity index is 1.72. The fourth-order valence-electron chi connectivity index (χ4n) is 6.13. The number of nitrogens with zero attached hydrogens (tertiary/aromatic N) is 2. The second kappa shape index (κ2) is 8.02. The molecule has 3 aromatic carbocycles. The molecule has 0 radical (unpaired) electrons. The zero-order valence-electron chi connectivity index (χ0n) is 23.4. The van der Waals surface area contributed by atoms with Gasteiger partial charge in [-0.15, -0.1) is 0 Å². The van der Waals surface area contributed by atoms with Crippen LogP contribution in [0.5, 0.6) is 11.5 Å². The number of ether oxygens (including phenoxy) is 1. The summed E-state index contributed by atoms with van der Waals surface area (Å²) in [6.07, 6.45) is 6.07. The largest absolute Gasteiger partial charge is 0.455 e. The number of hydrogen-bond acceptors (Lipinski definition) is 2. The molecule has 188 valence electrons. The van der Waals surface area contributed by atoms with Gasteiger partial charge in [0.15, 0.2) is 6.20 Å². The standard InChI is InChI=1S/C34H37N2O/c1-20-28-31-29-23(13-15-36(31)8)25-16-21(18-33(2,3)4)11-12-22(25)17-27(29)37-32(28)26(19-34(5,6)7)24-10-9-14-35-30(20)24/h9-17H,18-19H2,1-8H3/q+1. The molecule has 0 amide bonds. The molecule has 2 aromatic heterocycles. The molecule has 0 atom stereocenters. The van der Waals surface area contributed by atoms with Gasteiger partial charge in [-0.2, -0.15) is 0 Å². The van der Waals surface area contributed by atoms with Gasteiger partial charge in [-0.3, -0.25) is 4.98 Å². The minimum absolute atomic E-state index is 0.108. The van der Waals surface area contributed by atoms with Gasteiger partial charge in [-0.05, 0) is 64.6 Å². The average Bonchev–Trinajstić information content (AvgIpc) is 2.81. The van der Waals surface area contributed by atoms with Crippen molar-refractivity contribution in [2.45, 2.75) is 61.3 Å². The number of aromatic nitrogens is 2. The summed E-state index contributed by atoms with van der Waals surface area (Å²) in [5.74, 6) is 1.94. The number of benzene rings is 3. The first-order valence-corrected chi connectivity index (χ1v) is 13.4. The highest BCUT2D eigenvalue weighted by atomic mass is 16.5. The topological polar surface area (TPSA) is 26.0 Å². The van der Waals surface area contributed by atoms with E-state index < -0.39 is 0 Å². The van der Waals surface area contributed by atoms with Gasteiger partial charge in [-0.1, -0.05) is 65.8 Å². The predicted molar refractivity (Wildman–Crippen MR) is 154 cm³/mol. The number of hydrogen-bond donors (Lipinski definition) is 0. The number of aryl methyl sites for hydroxylation is 2. The van der Waals surface area contributed by atoms with Crippen molar-refractivity contribution in [3.63, 3.8) is 0 Å². The molecule has 3 heteroatoms. The summed E-state index contributed by atoms with van der Waals surface area (Å²) in [5, 5.41) is 6.15. The Labute approximate surface area is 220 Å². The molecule has 0 bridgehead atoms. The van der Waals surface area contributed by atoms with E-state index in [1.807, 2.05) is 12.3 Å². The quantitative estimate of drug-likeness (QED) is 0.180. The van der Waals surface area contributed by atoms with Crippen molar-refractivity contribution in [2.75, 3.05) is 0 Å². The van der Waals surface area contributed by atoms with Gasteiger partial charge in [-0.25, -0.2) is 4.57 Å². The monoisotopic (exact) mass is 489 g/mol. The summed E-state index contributed by atoms with van der Waals surface area (Å²) in [4.78, 5) is 4.86. The van der Waals surface area contributed by atoms with E-state index in [9.17, 15) is 0 Å². The van der Waals surface area contributed by atoms with E-state index in [0.717, 1.165) is 29.9 Å². The van der Waals surface area contributed by atoms with Crippen molar-refractivity contribution in [2.24, 2.45) is 17.9 Å². The zero-order chi connectivity index (χ0) is 26.3. The second-order valence-corrected chi connectivity index (χ2v) is 13.3. The molecule has 3 nitrogen and oxygen atoms in total. The second-order valence-electron chi connectivity index (χ2n) is 13.3. The van der Waals surface area contributed by atoms with E-state index in [2.05, 4.69) is 103 Å². The van der Waals surface area contributed by atoms with Crippen LogP contribution in [0.2, 0.25) is 0 Å². The van der Waals surface area contributed by atoms with E-state index in [1.54, 1.807) is 0 Å². The first kappa shape index (κ1) is 23.9. The minimum atomic E-state index is 0.108. The maximum atomic E-state index is 6.95. The number of rotatable bonds is 2. The van der Waals surface area contributed by atoms with Crippen LogP contribution in [-0.4, -0.2) is 4.98 Å². The van der Waals surface area contributed by atoms with Crippen LogP contribution in [0.15, 0.2) is 54.9 Å². The van der Waals surface area contributed by atoms with Crippen molar-refractivity contribution < 1.29 is 9.30 Å². The van der Waals surface area contributed by atoms with Crippen LogP contribution in [-0.2, 0) is 19.9 Å². The fraction of sp³-hybridized carbons (Fsp3) is 0.353. The fourth-order valence-corrected chi connectivity index (χ4v) is 6.13. The molecular weight excluding hydrogens is 452 g/mol. The van der Waals surface area contributed by atoms with Crippen LogP contribution >= 0.6 is 0 Å².